The summed E-state index contributed by atoms with van der Waals surface area (Å²) in [7, 11) is 1.59. The summed E-state index contributed by atoms with van der Waals surface area (Å²) in [5.41, 5.74) is 2.20. The lowest BCUT2D eigenvalue weighted by molar-refractivity contribution is -0.125. The topological polar surface area (TPSA) is 85.1 Å². The maximum atomic E-state index is 12.9. The van der Waals surface area contributed by atoms with Gasteiger partial charge in [-0.1, -0.05) is 0 Å². The molecule has 122 valence electrons. The number of rotatable bonds is 3. The molecule has 1 unspecified atom stereocenters. The molecule has 0 spiro atoms. The molecule has 3 rings (SSSR count). The second-order valence-corrected chi connectivity index (χ2v) is 5.57. The van der Waals surface area contributed by atoms with Gasteiger partial charge in [0.1, 0.15) is 11.7 Å². The van der Waals surface area contributed by atoms with Crippen molar-refractivity contribution in [3.8, 4) is 0 Å². The van der Waals surface area contributed by atoms with Crippen LogP contribution in [0.3, 0.4) is 0 Å². The standard InChI is InChI=1S/C15H20N6O2/c1-4-20-12(7-10(2)18-20)15(23)19-8-11-5-6-17-21(11)13(9-19)14(22)16-3/h5-7,13H,4,8-9H2,1-3H3,(H,16,22). The number of aryl methyl sites for hydroxylation is 2. The maximum Gasteiger partial charge on any atom is 0.272 e. The first kappa shape index (κ1) is 15.3. The van der Waals surface area contributed by atoms with Crippen LogP contribution in [0.1, 0.15) is 34.8 Å². The zero-order valence-electron chi connectivity index (χ0n) is 13.5. The van der Waals surface area contributed by atoms with Crippen molar-refractivity contribution in [1.82, 2.24) is 29.8 Å². The zero-order chi connectivity index (χ0) is 16.6. The van der Waals surface area contributed by atoms with Crippen LogP contribution in [0.2, 0.25) is 0 Å². The van der Waals surface area contributed by atoms with Crippen LogP contribution in [0, 0.1) is 6.92 Å². The van der Waals surface area contributed by atoms with Gasteiger partial charge in [-0.3, -0.25) is 19.0 Å². The van der Waals surface area contributed by atoms with Crippen molar-refractivity contribution in [3.05, 3.63) is 35.4 Å². The molecule has 0 radical (unpaired) electrons. The highest BCUT2D eigenvalue weighted by atomic mass is 16.2. The molecule has 1 N–H and O–H groups in total. The summed E-state index contributed by atoms with van der Waals surface area (Å²) in [6.45, 7) is 5.16. The SMILES string of the molecule is CCn1nc(C)cc1C(=O)N1Cc2ccnn2C(C(=O)NC)C1. The van der Waals surface area contributed by atoms with Crippen LogP contribution in [0.15, 0.2) is 18.3 Å². The number of carbonyl (C=O) groups excluding carboxylic acids is 2. The van der Waals surface area contributed by atoms with E-state index in [0.29, 0.717) is 25.3 Å². The van der Waals surface area contributed by atoms with Gasteiger partial charge in [-0.15, -0.1) is 0 Å². The third-order valence-electron chi connectivity index (χ3n) is 4.05. The number of likely N-dealkylation sites (N-methyl/N-ethyl adjacent to an activating group) is 1. The van der Waals surface area contributed by atoms with E-state index in [9.17, 15) is 9.59 Å². The highest BCUT2D eigenvalue weighted by Crippen LogP contribution is 2.22. The molecule has 1 aliphatic heterocycles. The van der Waals surface area contributed by atoms with E-state index in [0.717, 1.165) is 11.4 Å². The van der Waals surface area contributed by atoms with Crippen LogP contribution in [-0.4, -0.2) is 49.9 Å². The van der Waals surface area contributed by atoms with Crippen molar-refractivity contribution < 1.29 is 9.59 Å². The molecule has 0 bridgehead atoms. The zero-order valence-corrected chi connectivity index (χ0v) is 13.5. The van der Waals surface area contributed by atoms with E-state index in [1.165, 1.54) is 0 Å². The van der Waals surface area contributed by atoms with E-state index in [1.807, 2.05) is 19.9 Å². The molecule has 2 amide bonds. The Hall–Kier alpha value is -2.64. The lowest BCUT2D eigenvalue weighted by Gasteiger charge is -2.32. The predicted octanol–water partition coefficient (Wildman–Crippen LogP) is 0.351. The molecule has 23 heavy (non-hydrogen) atoms. The van der Waals surface area contributed by atoms with Gasteiger partial charge in [0, 0.05) is 19.8 Å². The Morgan fingerprint density at radius 3 is 2.91 bits per heavy atom. The van der Waals surface area contributed by atoms with Gasteiger partial charge in [0.05, 0.1) is 24.5 Å². The first-order valence-electron chi connectivity index (χ1n) is 7.62. The Balaban J connectivity index is 1.92. The van der Waals surface area contributed by atoms with E-state index in [1.54, 1.807) is 33.6 Å². The van der Waals surface area contributed by atoms with E-state index in [-0.39, 0.29) is 11.8 Å². The minimum atomic E-state index is -0.512. The van der Waals surface area contributed by atoms with Crippen LogP contribution in [-0.2, 0) is 17.9 Å². The molecular weight excluding hydrogens is 296 g/mol. The minimum absolute atomic E-state index is 0.117. The molecule has 1 atom stereocenters. The first-order valence-corrected chi connectivity index (χ1v) is 7.62. The van der Waals surface area contributed by atoms with Gasteiger partial charge in [-0.25, -0.2) is 0 Å². The molecule has 0 saturated heterocycles. The van der Waals surface area contributed by atoms with Gasteiger partial charge < -0.3 is 10.2 Å². The highest BCUT2D eigenvalue weighted by Gasteiger charge is 2.33. The summed E-state index contributed by atoms with van der Waals surface area (Å²) in [6, 6.07) is 3.10. The van der Waals surface area contributed by atoms with Crippen LogP contribution < -0.4 is 5.32 Å². The molecule has 0 saturated carbocycles. The Labute approximate surface area is 134 Å². The number of amides is 2. The van der Waals surface area contributed by atoms with Crippen LogP contribution >= 0.6 is 0 Å². The molecule has 1 aliphatic rings. The quantitative estimate of drug-likeness (QED) is 0.885. The molecule has 8 nitrogen and oxygen atoms in total. The van der Waals surface area contributed by atoms with Crippen molar-refractivity contribution in [2.24, 2.45) is 0 Å². The smallest absolute Gasteiger partial charge is 0.272 e. The second kappa shape index (κ2) is 5.86. The van der Waals surface area contributed by atoms with E-state index in [4.69, 9.17) is 0 Å². The lowest BCUT2D eigenvalue weighted by atomic mass is 10.1. The molecule has 0 aromatic carbocycles. The van der Waals surface area contributed by atoms with Gasteiger partial charge in [-0.05, 0) is 26.0 Å². The Bertz CT molecular complexity index is 747. The largest absolute Gasteiger partial charge is 0.357 e. The minimum Gasteiger partial charge on any atom is -0.357 e. The first-order chi connectivity index (χ1) is 11.0. The molecule has 3 heterocycles. The number of hydrogen-bond donors (Lipinski definition) is 1. The average Bonchev–Trinajstić information content (AvgIpc) is 3.18. The average molecular weight is 316 g/mol. The molecule has 0 aliphatic carbocycles. The fourth-order valence-corrected chi connectivity index (χ4v) is 2.93. The maximum absolute atomic E-state index is 12.9. The van der Waals surface area contributed by atoms with Crippen LogP contribution in [0.5, 0.6) is 0 Å². The summed E-state index contributed by atoms with van der Waals surface area (Å²) in [5, 5.41) is 11.2. The molecule has 0 fully saturated rings. The predicted molar refractivity (Wildman–Crippen MR) is 82.7 cm³/mol. The second-order valence-electron chi connectivity index (χ2n) is 5.57. The molecule has 8 heteroatoms. The number of fused-ring (bicyclic) bond motifs is 1. The van der Waals surface area contributed by atoms with Crippen molar-refractivity contribution in [2.45, 2.75) is 33.0 Å². The number of nitrogens with zero attached hydrogens (tertiary/aromatic N) is 5. The number of nitrogens with one attached hydrogen (secondary N) is 1. The molecule has 2 aromatic heterocycles. The third-order valence-corrected chi connectivity index (χ3v) is 4.05. The Morgan fingerprint density at radius 2 is 2.22 bits per heavy atom. The highest BCUT2D eigenvalue weighted by molar-refractivity contribution is 5.93. The number of carbonyl (C=O) groups is 2. The monoisotopic (exact) mass is 316 g/mol. The van der Waals surface area contributed by atoms with Gasteiger partial charge in [0.25, 0.3) is 5.91 Å². The van der Waals surface area contributed by atoms with E-state index < -0.39 is 6.04 Å². The summed E-state index contributed by atoms with van der Waals surface area (Å²) >= 11 is 0. The molecule has 2 aromatic rings. The molecular formula is C15H20N6O2. The fourth-order valence-electron chi connectivity index (χ4n) is 2.93. The van der Waals surface area contributed by atoms with E-state index >= 15 is 0 Å². The van der Waals surface area contributed by atoms with Gasteiger partial charge in [0.15, 0.2) is 0 Å². The van der Waals surface area contributed by atoms with Crippen molar-refractivity contribution >= 4 is 11.8 Å². The van der Waals surface area contributed by atoms with E-state index in [2.05, 4.69) is 15.5 Å². The number of aromatic nitrogens is 4. The Kier molecular flexibility index (Phi) is 3.89. The lowest BCUT2D eigenvalue weighted by Crippen LogP contribution is -2.46. The van der Waals surface area contributed by atoms with Crippen molar-refractivity contribution in [3.63, 3.8) is 0 Å². The summed E-state index contributed by atoms with van der Waals surface area (Å²) in [4.78, 5) is 26.7. The fraction of sp³-hybridized carbons (Fsp3) is 0.467. The number of hydrogen-bond acceptors (Lipinski definition) is 4. The van der Waals surface area contributed by atoms with Gasteiger partial charge in [0.2, 0.25) is 5.91 Å². The normalized spacial score (nSPS) is 17.0. The van der Waals surface area contributed by atoms with Crippen molar-refractivity contribution in [2.75, 3.05) is 13.6 Å². The van der Waals surface area contributed by atoms with Gasteiger partial charge in [-0.2, -0.15) is 10.2 Å². The summed E-state index contributed by atoms with van der Waals surface area (Å²) in [5.74, 6) is -0.276. The third kappa shape index (κ3) is 2.60. The van der Waals surface area contributed by atoms with Crippen LogP contribution in [0.25, 0.3) is 0 Å². The summed E-state index contributed by atoms with van der Waals surface area (Å²) < 4.78 is 3.38. The summed E-state index contributed by atoms with van der Waals surface area (Å²) in [6.07, 6.45) is 1.65. The van der Waals surface area contributed by atoms with Crippen molar-refractivity contribution in [1.29, 1.82) is 0 Å². The van der Waals surface area contributed by atoms with Gasteiger partial charge >= 0.3 is 0 Å². The Morgan fingerprint density at radius 1 is 1.43 bits per heavy atom. The van der Waals surface area contributed by atoms with Crippen LogP contribution in [0.4, 0.5) is 0 Å².